The summed E-state index contributed by atoms with van der Waals surface area (Å²) in [6.45, 7) is 14.4. The number of carbonyl (C=O) groups excluding carboxylic acids is 4. The van der Waals surface area contributed by atoms with E-state index in [4.69, 9.17) is 18.9 Å². The van der Waals surface area contributed by atoms with E-state index in [1.807, 2.05) is 6.92 Å². The normalized spacial score (nSPS) is 29.4. The van der Waals surface area contributed by atoms with Crippen LogP contribution in [0.4, 0.5) is 0 Å². The quantitative estimate of drug-likeness (QED) is 0.230. The van der Waals surface area contributed by atoms with Gasteiger partial charge in [-0.3, -0.25) is 4.79 Å². The molecule has 9 heteroatoms. The summed E-state index contributed by atoms with van der Waals surface area (Å²) in [5.41, 5.74) is 0.535. The number of Topliss-reactive ketones (excluding diaryl/α,β-unsaturated/α-hetero) is 1. The van der Waals surface area contributed by atoms with E-state index in [1.165, 1.54) is 20.1 Å². The Morgan fingerprint density at radius 3 is 2.53 bits per heavy atom. The molecule has 0 unspecified atom stereocenters. The Labute approximate surface area is 211 Å². The molecule has 0 bridgehead atoms. The van der Waals surface area contributed by atoms with Gasteiger partial charge < -0.3 is 24.1 Å². The van der Waals surface area contributed by atoms with Crippen LogP contribution in [0.1, 0.15) is 53.4 Å². The molecule has 1 heterocycles. The first-order chi connectivity index (χ1) is 17.0. The van der Waals surface area contributed by atoms with E-state index in [0.717, 1.165) is 0 Å². The summed E-state index contributed by atoms with van der Waals surface area (Å²) in [5.74, 6) is -3.60. The van der Waals surface area contributed by atoms with Crippen molar-refractivity contribution in [3.8, 4) is 0 Å². The van der Waals surface area contributed by atoms with Gasteiger partial charge in [-0.15, -0.1) is 0 Å². The van der Waals surface area contributed by atoms with E-state index in [9.17, 15) is 24.3 Å². The first kappa shape index (κ1) is 29.2. The number of ether oxygens (including phenoxy) is 4. The van der Waals surface area contributed by atoms with Crippen molar-refractivity contribution in [1.29, 1.82) is 0 Å². The summed E-state index contributed by atoms with van der Waals surface area (Å²) in [4.78, 5) is 50.5. The van der Waals surface area contributed by atoms with Crippen molar-refractivity contribution in [1.82, 2.24) is 0 Å². The standard InChI is InChI=1S/C27H36O9/c1-8-16(5)34-22-19(27(32)33-7)12-10-11-14(3)21(29)23-20(17(6)25(30)35-23)24(22)36-26(31)18(9-2)13-15(4)28/h9,12,16,20-24,29H,3,6,8,10-11,13H2,1-2,4-5,7H3/b18-9-,19-12+/t16-,20-,21-,22-,23-,24+/m0/s1. The zero-order valence-electron chi connectivity index (χ0n) is 21.6. The average Bonchev–Trinajstić information content (AvgIpc) is 3.14. The maximum Gasteiger partial charge on any atom is 0.336 e. The minimum absolute atomic E-state index is 0.0409. The zero-order chi connectivity index (χ0) is 27.2. The van der Waals surface area contributed by atoms with Gasteiger partial charge in [0.05, 0.1) is 24.7 Å². The minimum atomic E-state index is -1.32. The number of hydrogen-bond acceptors (Lipinski definition) is 9. The smallest absolute Gasteiger partial charge is 0.336 e. The third kappa shape index (κ3) is 6.59. The molecule has 2 aliphatic rings. The third-order valence-electron chi connectivity index (χ3n) is 6.45. The van der Waals surface area contributed by atoms with Gasteiger partial charge in [0.1, 0.15) is 30.2 Å². The summed E-state index contributed by atoms with van der Waals surface area (Å²) in [6.07, 6.45) is -1.23. The van der Waals surface area contributed by atoms with Crippen molar-refractivity contribution in [3.63, 3.8) is 0 Å². The second-order valence-electron chi connectivity index (χ2n) is 9.05. The van der Waals surface area contributed by atoms with E-state index in [-0.39, 0.29) is 35.0 Å². The minimum Gasteiger partial charge on any atom is -0.466 e. The second-order valence-corrected chi connectivity index (χ2v) is 9.05. The highest BCUT2D eigenvalue weighted by atomic mass is 16.6. The zero-order valence-corrected chi connectivity index (χ0v) is 21.6. The Kier molecular flexibility index (Phi) is 10.4. The highest BCUT2D eigenvalue weighted by Crippen LogP contribution is 2.40. The van der Waals surface area contributed by atoms with Crippen molar-refractivity contribution in [3.05, 3.63) is 47.6 Å². The number of aliphatic hydroxyl groups is 1. The number of allylic oxidation sites excluding steroid dienone is 2. The molecule has 36 heavy (non-hydrogen) atoms. The lowest BCUT2D eigenvalue weighted by Gasteiger charge is -2.37. The van der Waals surface area contributed by atoms with E-state index >= 15 is 0 Å². The molecule has 0 spiro atoms. The molecule has 198 valence electrons. The van der Waals surface area contributed by atoms with Crippen LogP contribution in [-0.4, -0.2) is 66.4 Å². The Morgan fingerprint density at radius 2 is 1.97 bits per heavy atom. The van der Waals surface area contributed by atoms with Gasteiger partial charge >= 0.3 is 17.9 Å². The lowest BCUT2D eigenvalue weighted by molar-refractivity contribution is -0.166. The van der Waals surface area contributed by atoms with Gasteiger partial charge in [-0.25, -0.2) is 14.4 Å². The Hall–Kier alpha value is -3.04. The fourth-order valence-electron chi connectivity index (χ4n) is 4.24. The van der Waals surface area contributed by atoms with Crippen LogP contribution in [0.3, 0.4) is 0 Å². The molecule has 0 saturated carbocycles. The van der Waals surface area contributed by atoms with Crippen molar-refractivity contribution < 1.29 is 43.2 Å². The third-order valence-corrected chi connectivity index (χ3v) is 6.45. The molecule has 2 rings (SSSR count). The SMILES string of the molecule is C=C1C(=O)O[C@H]2[C@H]1[C@@H](OC(=O)/C(=C\C)CC(C)=O)[C@@H](O[C@@H](C)CC)/C(C(=O)OC)=C\CCC(=C)[C@@H]2O. The lowest BCUT2D eigenvalue weighted by Crippen LogP contribution is -2.49. The first-order valence-electron chi connectivity index (χ1n) is 12.0. The van der Waals surface area contributed by atoms with Crippen LogP contribution in [0.15, 0.2) is 47.6 Å². The molecule has 0 aromatic carbocycles. The number of rotatable bonds is 8. The molecule has 0 amide bonds. The van der Waals surface area contributed by atoms with Gasteiger partial charge in [-0.1, -0.05) is 32.2 Å². The Morgan fingerprint density at radius 1 is 1.31 bits per heavy atom. The molecular formula is C27H36O9. The Balaban J connectivity index is 2.74. The maximum absolute atomic E-state index is 13.2. The molecular weight excluding hydrogens is 468 g/mol. The molecule has 0 radical (unpaired) electrons. The van der Waals surface area contributed by atoms with Crippen LogP contribution in [-0.2, 0) is 38.1 Å². The number of hydrogen-bond donors (Lipinski definition) is 1. The van der Waals surface area contributed by atoms with Crippen LogP contribution in [0.25, 0.3) is 0 Å². The van der Waals surface area contributed by atoms with Gasteiger partial charge in [0.25, 0.3) is 0 Å². The number of aliphatic hydroxyl groups excluding tert-OH is 1. The molecule has 1 aliphatic heterocycles. The number of fused-ring (bicyclic) bond motifs is 1. The lowest BCUT2D eigenvalue weighted by atomic mass is 9.80. The van der Waals surface area contributed by atoms with E-state index < -0.39 is 48.2 Å². The summed E-state index contributed by atoms with van der Waals surface area (Å²) in [6, 6.07) is 0. The number of carbonyl (C=O) groups is 4. The molecule has 1 N–H and O–H groups in total. The van der Waals surface area contributed by atoms with Gasteiger partial charge in [0, 0.05) is 17.6 Å². The highest BCUT2D eigenvalue weighted by Gasteiger charge is 2.53. The van der Waals surface area contributed by atoms with E-state index in [2.05, 4.69) is 13.2 Å². The van der Waals surface area contributed by atoms with Gasteiger partial charge in [-0.2, -0.15) is 0 Å². The van der Waals surface area contributed by atoms with Gasteiger partial charge in [0.2, 0.25) is 0 Å². The van der Waals surface area contributed by atoms with Crippen molar-refractivity contribution >= 4 is 23.7 Å². The average molecular weight is 505 g/mol. The molecule has 1 fully saturated rings. The number of ketones is 1. The molecule has 1 aliphatic carbocycles. The van der Waals surface area contributed by atoms with E-state index in [1.54, 1.807) is 19.9 Å². The predicted octanol–water partition coefficient (Wildman–Crippen LogP) is 2.92. The van der Waals surface area contributed by atoms with Crippen LogP contribution in [0.5, 0.6) is 0 Å². The molecule has 0 aromatic rings. The molecule has 0 aromatic heterocycles. The second kappa shape index (κ2) is 12.8. The predicted molar refractivity (Wildman–Crippen MR) is 131 cm³/mol. The van der Waals surface area contributed by atoms with Crippen LogP contribution >= 0.6 is 0 Å². The summed E-state index contributed by atoms with van der Waals surface area (Å²) < 4.78 is 22.6. The molecule has 9 nitrogen and oxygen atoms in total. The summed E-state index contributed by atoms with van der Waals surface area (Å²) in [7, 11) is 1.22. The summed E-state index contributed by atoms with van der Waals surface area (Å²) >= 11 is 0. The van der Waals surface area contributed by atoms with E-state index in [0.29, 0.717) is 24.8 Å². The van der Waals surface area contributed by atoms with Crippen LogP contribution in [0.2, 0.25) is 0 Å². The fourth-order valence-corrected chi connectivity index (χ4v) is 4.24. The van der Waals surface area contributed by atoms with Gasteiger partial charge in [-0.05, 0) is 45.6 Å². The maximum atomic E-state index is 13.2. The molecule has 6 atom stereocenters. The van der Waals surface area contributed by atoms with Crippen LogP contribution in [0, 0.1) is 5.92 Å². The number of methoxy groups -OCH3 is 1. The number of esters is 3. The monoisotopic (exact) mass is 504 g/mol. The van der Waals surface area contributed by atoms with Gasteiger partial charge in [0.15, 0.2) is 0 Å². The van der Waals surface area contributed by atoms with Crippen molar-refractivity contribution in [2.24, 2.45) is 5.92 Å². The molecule has 1 saturated heterocycles. The largest absolute Gasteiger partial charge is 0.466 e. The fraction of sp³-hybridized carbons (Fsp3) is 0.556. The summed E-state index contributed by atoms with van der Waals surface area (Å²) in [5, 5.41) is 11.0. The van der Waals surface area contributed by atoms with Crippen molar-refractivity contribution in [2.75, 3.05) is 7.11 Å². The van der Waals surface area contributed by atoms with Crippen LogP contribution < -0.4 is 0 Å². The van der Waals surface area contributed by atoms with Crippen molar-refractivity contribution in [2.45, 2.75) is 83.9 Å². The Bertz CT molecular complexity index is 974. The highest BCUT2D eigenvalue weighted by molar-refractivity contribution is 5.96. The topological polar surface area (TPSA) is 125 Å². The first-order valence-corrected chi connectivity index (χ1v) is 12.0.